The van der Waals surface area contributed by atoms with Gasteiger partial charge in [-0.2, -0.15) is 0 Å². The smallest absolute Gasteiger partial charge is 0.306 e. The lowest BCUT2D eigenvalue weighted by atomic mass is 9.67. The van der Waals surface area contributed by atoms with E-state index in [1.54, 1.807) is 0 Å². The fraction of sp³-hybridized carbons (Fsp3) is 0.667. The largest absolute Gasteiger partial charge is 0.462 e. The molecule has 0 aromatic heterocycles. The van der Waals surface area contributed by atoms with Crippen molar-refractivity contribution in [3.63, 3.8) is 0 Å². The van der Waals surface area contributed by atoms with Gasteiger partial charge in [0.25, 0.3) is 0 Å². The van der Waals surface area contributed by atoms with E-state index in [1.165, 1.54) is 180 Å². The van der Waals surface area contributed by atoms with Gasteiger partial charge in [0, 0.05) is 25.2 Å². The number of rotatable bonds is 40. The van der Waals surface area contributed by atoms with Crippen molar-refractivity contribution in [3.05, 3.63) is 130 Å². The van der Waals surface area contributed by atoms with E-state index in [9.17, 15) is 9.59 Å². The van der Waals surface area contributed by atoms with Crippen molar-refractivity contribution in [3.8, 4) is 0 Å². The molecular formula is C72H116O4. The molecule has 0 heterocycles. The Balaban J connectivity index is 1.73. The Morgan fingerprint density at radius 3 is 1.30 bits per heavy atom. The zero-order valence-electron chi connectivity index (χ0n) is 51.4. The summed E-state index contributed by atoms with van der Waals surface area (Å²) in [6, 6.07) is 0. The average molecular weight is 1050 g/mol. The van der Waals surface area contributed by atoms with Gasteiger partial charge in [0.1, 0.15) is 12.2 Å². The lowest BCUT2D eigenvalue weighted by Gasteiger charge is -2.40. The first kappa shape index (κ1) is 68.2. The Morgan fingerprint density at radius 2 is 0.882 bits per heavy atom. The number of unbranched alkanes of at least 4 members (excludes halogenated alkanes) is 24. The van der Waals surface area contributed by atoms with Crippen molar-refractivity contribution in [1.82, 2.24) is 0 Å². The molecule has 0 unspecified atom stereocenters. The van der Waals surface area contributed by atoms with Crippen LogP contribution in [0.4, 0.5) is 0 Å². The van der Waals surface area contributed by atoms with Crippen molar-refractivity contribution in [2.24, 2.45) is 16.7 Å². The van der Waals surface area contributed by atoms with Gasteiger partial charge in [0.2, 0.25) is 0 Å². The summed E-state index contributed by atoms with van der Waals surface area (Å²) in [4.78, 5) is 25.6. The zero-order valence-corrected chi connectivity index (χ0v) is 51.4. The summed E-state index contributed by atoms with van der Waals surface area (Å²) in [5, 5.41) is 0. The molecule has 0 radical (unpaired) electrons. The zero-order chi connectivity index (χ0) is 55.9. The number of carbonyl (C=O) groups is 2. The Morgan fingerprint density at radius 1 is 0.500 bits per heavy atom. The molecule has 0 aromatic carbocycles. The van der Waals surface area contributed by atoms with Crippen molar-refractivity contribution in [2.45, 2.75) is 294 Å². The van der Waals surface area contributed by atoms with Crippen LogP contribution in [0, 0.1) is 16.7 Å². The van der Waals surface area contributed by atoms with Gasteiger partial charge < -0.3 is 9.47 Å². The first-order valence-corrected chi connectivity index (χ1v) is 31.3. The van der Waals surface area contributed by atoms with Gasteiger partial charge in [-0.1, -0.05) is 314 Å². The van der Waals surface area contributed by atoms with Crippen LogP contribution in [0.25, 0.3) is 0 Å². The summed E-state index contributed by atoms with van der Waals surface area (Å²) in [7, 11) is 0. The molecule has 428 valence electrons. The molecule has 0 amide bonds. The molecule has 0 bridgehead atoms. The standard InChI is InChI=1S/C72H116O4/c1-13-15-17-19-21-23-25-27-29-31-33-35-37-49-69(73)75-65-55-63(7)67(71(9,10)57-65)53-51-61(5)47-41-45-59(3)43-39-40-44-60(4)46-42-48-62(6)52-54-68-64(8)56-66(58-72(68,11)12)76-70(74)50-38-36-34-32-30-28-26-24-22-20-18-16-14-2/h39-48,51-55,65-67H,13-38,49-50,56-58H2,1-12H3/b40-39+,45-41+,46-42+,53-51+,54-52+,59-43+,60-44+,61-47+,62-48+/t65-,66+,67+/m1/s1. The second-order valence-electron chi connectivity index (χ2n) is 24.6. The number of allylic oxidation sites excluding steroid dienone is 20. The maximum absolute atomic E-state index is 12.8. The monoisotopic (exact) mass is 1040 g/mol. The molecule has 4 nitrogen and oxygen atoms in total. The Bertz CT molecular complexity index is 1980. The van der Waals surface area contributed by atoms with E-state index < -0.39 is 0 Å². The average Bonchev–Trinajstić information content (AvgIpc) is 3.34. The highest BCUT2D eigenvalue weighted by atomic mass is 16.5. The van der Waals surface area contributed by atoms with Crippen LogP contribution >= 0.6 is 0 Å². The molecule has 0 aromatic rings. The molecule has 0 saturated carbocycles. The summed E-state index contributed by atoms with van der Waals surface area (Å²) >= 11 is 0. The molecule has 0 N–H and O–H groups in total. The minimum Gasteiger partial charge on any atom is -0.462 e. The minimum absolute atomic E-state index is 0.00519. The second kappa shape index (κ2) is 41.2. The van der Waals surface area contributed by atoms with Crippen LogP contribution in [0.3, 0.4) is 0 Å². The first-order valence-electron chi connectivity index (χ1n) is 31.3. The molecule has 0 spiro atoms. The van der Waals surface area contributed by atoms with E-state index in [1.807, 2.05) is 0 Å². The first-order chi connectivity index (χ1) is 36.5. The third-order valence-corrected chi connectivity index (χ3v) is 15.8. The van der Waals surface area contributed by atoms with Crippen LogP contribution < -0.4 is 0 Å². The predicted octanol–water partition coefficient (Wildman–Crippen LogP) is 22.5. The fourth-order valence-electron chi connectivity index (χ4n) is 11.3. The van der Waals surface area contributed by atoms with Crippen LogP contribution in [-0.2, 0) is 19.1 Å². The maximum Gasteiger partial charge on any atom is 0.306 e. The Labute approximate surface area is 470 Å². The van der Waals surface area contributed by atoms with Gasteiger partial charge in [0.05, 0.1) is 0 Å². The van der Waals surface area contributed by atoms with E-state index in [4.69, 9.17) is 9.47 Å². The molecule has 2 rings (SSSR count). The van der Waals surface area contributed by atoms with E-state index in [-0.39, 0.29) is 35.0 Å². The van der Waals surface area contributed by atoms with Gasteiger partial charge in [-0.25, -0.2) is 0 Å². The summed E-state index contributed by atoms with van der Waals surface area (Å²) in [5.41, 5.74) is 8.64. The highest BCUT2D eigenvalue weighted by Crippen LogP contribution is 2.44. The summed E-state index contributed by atoms with van der Waals surface area (Å²) in [5.74, 6) is 0.224. The number of ether oxygens (including phenoxy) is 2. The van der Waals surface area contributed by atoms with Crippen molar-refractivity contribution >= 4 is 11.9 Å². The number of esters is 2. The van der Waals surface area contributed by atoms with Crippen molar-refractivity contribution in [1.29, 1.82) is 0 Å². The molecule has 0 fully saturated rings. The van der Waals surface area contributed by atoms with Crippen molar-refractivity contribution in [2.75, 3.05) is 0 Å². The van der Waals surface area contributed by atoms with Crippen LogP contribution in [0.15, 0.2) is 130 Å². The maximum atomic E-state index is 12.8. The Hall–Kier alpha value is -3.92. The Kier molecular flexibility index (Phi) is 36.9. The van der Waals surface area contributed by atoms with E-state index in [0.29, 0.717) is 18.8 Å². The normalized spacial score (nSPS) is 19.8. The van der Waals surface area contributed by atoms with E-state index in [2.05, 4.69) is 174 Å². The molecule has 2 aliphatic carbocycles. The van der Waals surface area contributed by atoms with Crippen LogP contribution in [0.2, 0.25) is 0 Å². The van der Waals surface area contributed by atoms with E-state index in [0.717, 1.165) is 44.9 Å². The highest BCUT2D eigenvalue weighted by Gasteiger charge is 2.37. The summed E-state index contributed by atoms with van der Waals surface area (Å²) in [6.45, 7) is 26.6. The summed E-state index contributed by atoms with van der Waals surface area (Å²) < 4.78 is 12.0. The minimum atomic E-state index is -0.143. The molecule has 0 saturated heterocycles. The fourth-order valence-corrected chi connectivity index (χ4v) is 11.3. The molecule has 76 heavy (non-hydrogen) atoms. The quantitative estimate of drug-likeness (QED) is 0.0266. The van der Waals surface area contributed by atoms with Crippen LogP contribution in [0.5, 0.6) is 0 Å². The lowest BCUT2D eigenvalue weighted by molar-refractivity contribution is -0.151. The molecule has 0 aliphatic heterocycles. The van der Waals surface area contributed by atoms with Gasteiger partial charge in [0.15, 0.2) is 0 Å². The SMILES string of the molecule is CCCCCCCCCCCCCCCC(=O)O[C@H]1CC(C)=C(/C=C/C(C)=C/C=C/C(C)=C/C=C/C=C(C)/C=C/C=C(C)/C=C/[C@H]2C(C)=C[C@@H](OC(=O)CCCCCCCCCCCCCCC)CC2(C)C)C(C)(C)C1. The topological polar surface area (TPSA) is 52.6 Å². The third kappa shape index (κ3) is 32.7. The lowest BCUT2D eigenvalue weighted by Crippen LogP contribution is -2.34. The molecular weight excluding hydrogens is 929 g/mol. The number of carbonyl (C=O) groups excluding carboxylic acids is 2. The van der Waals surface area contributed by atoms with Gasteiger partial charge in [-0.05, 0) is 89.7 Å². The molecule has 3 atom stereocenters. The molecule has 2 aliphatic rings. The van der Waals surface area contributed by atoms with Gasteiger partial charge in [-0.15, -0.1) is 0 Å². The van der Waals surface area contributed by atoms with Crippen molar-refractivity contribution < 1.29 is 19.1 Å². The van der Waals surface area contributed by atoms with E-state index >= 15 is 0 Å². The van der Waals surface area contributed by atoms with Gasteiger partial charge in [-0.3, -0.25) is 9.59 Å². The van der Waals surface area contributed by atoms with Crippen LogP contribution in [0.1, 0.15) is 282 Å². The third-order valence-electron chi connectivity index (χ3n) is 15.8. The molecule has 4 heteroatoms. The second-order valence-corrected chi connectivity index (χ2v) is 24.6. The number of hydrogen-bond donors (Lipinski definition) is 0. The highest BCUT2D eigenvalue weighted by molar-refractivity contribution is 5.70. The predicted molar refractivity (Wildman–Crippen MR) is 332 cm³/mol. The summed E-state index contributed by atoms with van der Waals surface area (Å²) in [6.07, 6.45) is 69.9. The van der Waals surface area contributed by atoms with Gasteiger partial charge >= 0.3 is 11.9 Å². The number of hydrogen-bond acceptors (Lipinski definition) is 4. The van der Waals surface area contributed by atoms with Crippen LogP contribution in [-0.4, -0.2) is 24.1 Å².